The minimum atomic E-state index is -1.24. The van der Waals surface area contributed by atoms with Crippen LogP contribution >= 0.6 is 0 Å². The Kier molecular flexibility index (Phi) is 11.0. The number of carbonyl (C=O) groups excluding carboxylic acids is 1. The molecule has 0 amide bonds. The van der Waals surface area contributed by atoms with Gasteiger partial charge in [0.15, 0.2) is 0 Å². The summed E-state index contributed by atoms with van der Waals surface area (Å²) in [5, 5.41) is 33.9. The van der Waals surface area contributed by atoms with E-state index in [0.717, 1.165) is 71.9 Å². The van der Waals surface area contributed by atoms with Crippen LogP contribution in [0.2, 0.25) is 0 Å². The third kappa shape index (κ3) is 7.52. The van der Waals surface area contributed by atoms with Crippen molar-refractivity contribution in [1.82, 2.24) is 35.0 Å². The predicted molar refractivity (Wildman–Crippen MR) is 212 cm³/mol. The number of nitrogens with zero attached hydrogens (tertiary/aromatic N) is 7. The van der Waals surface area contributed by atoms with Crippen LogP contribution in [0.25, 0.3) is 65.9 Å². The Morgan fingerprint density at radius 1 is 0.464 bits per heavy atom. The second-order valence-electron chi connectivity index (χ2n) is 12.3. The molecular formula is C44H32IrN7O4-. The van der Waals surface area contributed by atoms with Gasteiger partial charge in [-0.2, -0.15) is 0 Å². The summed E-state index contributed by atoms with van der Waals surface area (Å²) in [5.74, 6) is 0.461. The maximum absolute atomic E-state index is 10.5. The fourth-order valence-electron chi connectivity index (χ4n) is 6.33. The van der Waals surface area contributed by atoms with E-state index in [1.54, 1.807) is 35.9 Å². The van der Waals surface area contributed by atoms with Gasteiger partial charge in [-0.3, -0.25) is 0 Å². The van der Waals surface area contributed by atoms with Crippen LogP contribution in [0.4, 0.5) is 0 Å². The first-order valence-corrected chi connectivity index (χ1v) is 17.3. The normalized spacial score (nSPS) is 10.7. The smallest absolute Gasteiger partial charge is 0.126 e. The van der Waals surface area contributed by atoms with Crippen LogP contribution in [0.1, 0.15) is 10.5 Å². The second-order valence-corrected chi connectivity index (χ2v) is 12.3. The molecule has 56 heavy (non-hydrogen) atoms. The van der Waals surface area contributed by atoms with Gasteiger partial charge in [-0.05, 0) is 60.7 Å². The summed E-state index contributed by atoms with van der Waals surface area (Å²) in [7, 11) is 3.36. The number of aromatic nitrogens is 7. The van der Waals surface area contributed by atoms with Crippen molar-refractivity contribution in [3.05, 3.63) is 163 Å². The molecule has 0 saturated heterocycles. The Labute approximate surface area is 334 Å². The molecule has 3 heterocycles. The number of carbonyl (C=O) groups is 1. The molecule has 12 heteroatoms. The van der Waals surface area contributed by atoms with E-state index >= 15 is 0 Å². The first-order chi connectivity index (χ1) is 27.0. The quantitative estimate of drug-likeness (QED) is 0.170. The summed E-state index contributed by atoms with van der Waals surface area (Å²) in [5.41, 5.74) is 6.08. The van der Waals surface area contributed by atoms with E-state index in [1.807, 2.05) is 127 Å². The second kappa shape index (κ2) is 16.6. The molecule has 11 nitrogen and oxygen atoms in total. The van der Waals surface area contributed by atoms with Gasteiger partial charge >= 0.3 is 0 Å². The minimum Gasteiger partial charge on any atom is -0.543 e. The summed E-state index contributed by atoms with van der Waals surface area (Å²) in [6, 6.07) is 50.3. The summed E-state index contributed by atoms with van der Waals surface area (Å²) < 4.78 is 10.9. The van der Waals surface area contributed by atoms with E-state index in [1.165, 1.54) is 6.07 Å². The van der Waals surface area contributed by atoms with Gasteiger partial charge < -0.3 is 19.4 Å². The molecule has 0 N–H and O–H groups in total. The van der Waals surface area contributed by atoms with Crippen molar-refractivity contribution in [2.24, 2.45) is 0 Å². The fourth-order valence-corrected chi connectivity index (χ4v) is 6.33. The zero-order chi connectivity index (χ0) is 37.7. The van der Waals surface area contributed by atoms with Gasteiger partial charge in [0.2, 0.25) is 0 Å². The molecule has 3 aromatic heterocycles. The molecule has 0 aliphatic heterocycles. The van der Waals surface area contributed by atoms with Gasteiger partial charge in [-0.25, -0.2) is 4.98 Å². The van der Waals surface area contributed by atoms with Crippen LogP contribution in [0.15, 0.2) is 158 Å². The average Bonchev–Trinajstić information content (AvgIpc) is 3.88. The van der Waals surface area contributed by atoms with Crippen LogP contribution < -0.4 is 14.6 Å². The molecule has 0 atom stereocenters. The molecule has 0 unspecified atom stereocenters. The molecule has 10 aromatic rings. The SMILES string of the molecule is COc1ccc(-n2nc3ccccc3n2)c2ccccc12.COc1ccc(-n2nc3ccccc3n2)c2ccccc12.O=C([O-])c1ccc2ccccc2n1.[Ir]. The number of hydrogen-bond donors (Lipinski definition) is 0. The topological polar surface area (TPSA) is 133 Å². The molecular weight excluding hydrogens is 883 g/mol. The Balaban J connectivity index is 0.000000132. The number of methoxy groups -OCH3 is 2. The van der Waals surface area contributed by atoms with Crippen LogP contribution in [-0.2, 0) is 20.1 Å². The van der Waals surface area contributed by atoms with Crippen molar-refractivity contribution in [2.45, 2.75) is 0 Å². The molecule has 0 spiro atoms. The Bertz CT molecular complexity index is 2760. The summed E-state index contributed by atoms with van der Waals surface area (Å²) >= 11 is 0. The third-order valence-electron chi connectivity index (χ3n) is 8.97. The van der Waals surface area contributed by atoms with E-state index < -0.39 is 5.97 Å². The number of benzene rings is 7. The Morgan fingerprint density at radius 2 is 0.839 bits per heavy atom. The predicted octanol–water partition coefficient (Wildman–Crippen LogP) is 7.76. The van der Waals surface area contributed by atoms with Crippen molar-refractivity contribution < 1.29 is 39.5 Å². The van der Waals surface area contributed by atoms with Crippen LogP contribution in [-0.4, -0.2) is 55.2 Å². The summed E-state index contributed by atoms with van der Waals surface area (Å²) in [6.45, 7) is 0. The molecule has 0 fully saturated rings. The maximum atomic E-state index is 10.5. The minimum absolute atomic E-state index is 0. The van der Waals surface area contributed by atoms with E-state index in [9.17, 15) is 9.90 Å². The number of hydrogen-bond acceptors (Lipinski definition) is 9. The summed E-state index contributed by atoms with van der Waals surface area (Å²) in [6.07, 6.45) is 0. The number of rotatable bonds is 5. The molecule has 0 saturated carbocycles. The molecule has 0 aliphatic carbocycles. The fraction of sp³-hybridized carbons (Fsp3) is 0.0455. The number of aromatic carboxylic acids is 1. The summed E-state index contributed by atoms with van der Waals surface area (Å²) in [4.78, 5) is 17.8. The van der Waals surface area contributed by atoms with Gasteiger partial charge in [0.25, 0.3) is 0 Å². The van der Waals surface area contributed by atoms with E-state index in [-0.39, 0.29) is 25.8 Å². The molecule has 7 aromatic carbocycles. The average molecular weight is 915 g/mol. The number of para-hydroxylation sites is 1. The first kappa shape index (κ1) is 37.3. The van der Waals surface area contributed by atoms with Crippen molar-refractivity contribution in [1.29, 1.82) is 0 Å². The molecule has 10 rings (SSSR count). The van der Waals surface area contributed by atoms with Crippen molar-refractivity contribution in [2.75, 3.05) is 14.2 Å². The maximum Gasteiger partial charge on any atom is 0.126 e. The van der Waals surface area contributed by atoms with Crippen LogP contribution in [0, 0.1) is 0 Å². The van der Waals surface area contributed by atoms with Crippen LogP contribution in [0.3, 0.4) is 0 Å². The number of pyridine rings is 1. The number of carboxylic acid groups (broad SMARTS) is 1. The molecule has 0 aliphatic rings. The number of ether oxygens (including phenoxy) is 2. The van der Waals surface area contributed by atoms with Gasteiger partial charge in [0.1, 0.15) is 33.6 Å². The Morgan fingerprint density at radius 3 is 1.25 bits per heavy atom. The van der Waals surface area contributed by atoms with Gasteiger partial charge in [-0.15, -0.1) is 30.0 Å². The van der Waals surface area contributed by atoms with E-state index in [0.29, 0.717) is 5.52 Å². The largest absolute Gasteiger partial charge is 0.543 e. The zero-order valence-corrected chi connectivity index (χ0v) is 32.5. The molecule has 277 valence electrons. The van der Waals surface area contributed by atoms with E-state index in [4.69, 9.17) is 9.47 Å². The third-order valence-corrected chi connectivity index (χ3v) is 8.97. The van der Waals surface area contributed by atoms with Gasteiger partial charge in [0.05, 0.1) is 42.8 Å². The standard InChI is InChI=1S/2C17H13N3O.C10H7NO2.Ir/c2*1-21-17-11-10-16(12-6-2-3-7-13(12)17)20-18-14-8-4-5-9-15(14)19-20;12-10(13)9-6-5-7-3-1-2-4-8(7)11-9;/h2*2-11H,1H3;1-6H,(H,12,13);/p-1. The van der Waals surface area contributed by atoms with Gasteiger partial charge in [-0.1, -0.05) is 97.1 Å². The zero-order valence-electron chi connectivity index (χ0n) is 30.1. The first-order valence-electron chi connectivity index (χ1n) is 17.3. The van der Waals surface area contributed by atoms with Crippen molar-refractivity contribution in [3.8, 4) is 22.9 Å². The Hall–Kier alpha value is -7.01. The molecule has 1 radical (unpaired) electrons. The number of carboxylic acids is 1. The van der Waals surface area contributed by atoms with Crippen LogP contribution in [0.5, 0.6) is 11.5 Å². The van der Waals surface area contributed by atoms with E-state index in [2.05, 4.69) is 37.5 Å². The number of fused-ring (bicyclic) bond motifs is 5. The molecule has 0 bridgehead atoms. The van der Waals surface area contributed by atoms with Gasteiger partial charge in [0, 0.05) is 47.0 Å². The monoisotopic (exact) mass is 915 g/mol. The van der Waals surface area contributed by atoms with Crippen molar-refractivity contribution >= 4 is 60.5 Å². The van der Waals surface area contributed by atoms with Crippen molar-refractivity contribution in [3.63, 3.8) is 0 Å².